The van der Waals surface area contributed by atoms with Crippen LogP contribution in [-0.4, -0.2) is 25.8 Å². The highest BCUT2D eigenvalue weighted by atomic mass is 16.4. The van der Waals surface area contributed by atoms with Gasteiger partial charge in [0, 0.05) is 18.8 Å². The van der Waals surface area contributed by atoms with Crippen molar-refractivity contribution in [3.8, 4) is 11.3 Å². The van der Waals surface area contributed by atoms with E-state index in [1.165, 1.54) is 0 Å². The predicted octanol–water partition coefficient (Wildman–Crippen LogP) is 2.30. The van der Waals surface area contributed by atoms with Crippen LogP contribution in [0.15, 0.2) is 24.5 Å². The lowest BCUT2D eigenvalue weighted by Crippen LogP contribution is -2.07. The molecule has 2 rings (SSSR count). The van der Waals surface area contributed by atoms with Crippen molar-refractivity contribution in [3.05, 3.63) is 35.8 Å². The van der Waals surface area contributed by atoms with E-state index in [0.717, 1.165) is 11.3 Å². The van der Waals surface area contributed by atoms with Crippen molar-refractivity contribution < 1.29 is 9.90 Å². The van der Waals surface area contributed by atoms with E-state index < -0.39 is 5.97 Å². The number of hydrogen-bond donors (Lipinski definition) is 1. The Morgan fingerprint density at radius 2 is 2.11 bits per heavy atom. The molecule has 18 heavy (non-hydrogen) atoms. The van der Waals surface area contributed by atoms with Crippen molar-refractivity contribution in [1.82, 2.24) is 14.8 Å². The van der Waals surface area contributed by atoms with Gasteiger partial charge in [0.1, 0.15) is 0 Å². The van der Waals surface area contributed by atoms with E-state index in [0.29, 0.717) is 5.69 Å². The molecule has 2 aromatic rings. The van der Waals surface area contributed by atoms with Crippen LogP contribution in [0.1, 0.15) is 35.8 Å². The van der Waals surface area contributed by atoms with E-state index in [2.05, 4.69) is 10.1 Å². The number of carboxylic acids is 1. The molecular weight excluding hydrogens is 230 g/mol. The summed E-state index contributed by atoms with van der Waals surface area (Å²) in [6.07, 6.45) is 3.57. The third-order valence-electron chi connectivity index (χ3n) is 2.70. The maximum atomic E-state index is 11.1. The zero-order valence-corrected chi connectivity index (χ0v) is 10.6. The number of hydrogen-bond acceptors (Lipinski definition) is 3. The number of rotatable bonds is 3. The van der Waals surface area contributed by atoms with Gasteiger partial charge >= 0.3 is 5.97 Å². The summed E-state index contributed by atoms with van der Waals surface area (Å²) >= 11 is 0. The van der Waals surface area contributed by atoms with Gasteiger partial charge in [-0.05, 0) is 18.1 Å². The molecule has 2 aromatic heterocycles. The fraction of sp³-hybridized carbons (Fsp3) is 0.308. The Hall–Kier alpha value is -2.17. The smallest absolute Gasteiger partial charge is 0.337 e. The summed E-state index contributed by atoms with van der Waals surface area (Å²) < 4.78 is 1.69. The Bertz CT molecular complexity index is 588. The summed E-state index contributed by atoms with van der Waals surface area (Å²) in [5, 5.41) is 13.2. The lowest BCUT2D eigenvalue weighted by Gasteiger charge is -2.10. The first kappa shape index (κ1) is 12.3. The van der Waals surface area contributed by atoms with Crippen molar-refractivity contribution in [1.29, 1.82) is 0 Å². The molecule has 0 aromatic carbocycles. The van der Waals surface area contributed by atoms with Crippen molar-refractivity contribution in [2.45, 2.75) is 19.8 Å². The van der Waals surface area contributed by atoms with Crippen LogP contribution in [0.2, 0.25) is 0 Å². The normalized spacial score (nSPS) is 10.9. The Kier molecular flexibility index (Phi) is 3.14. The van der Waals surface area contributed by atoms with Gasteiger partial charge in [-0.1, -0.05) is 13.8 Å². The van der Waals surface area contributed by atoms with Gasteiger partial charge in [-0.25, -0.2) is 4.79 Å². The number of carbonyl (C=O) groups is 1. The lowest BCUT2D eigenvalue weighted by molar-refractivity contribution is 0.0694. The molecular formula is C13H15N3O2. The fourth-order valence-corrected chi connectivity index (χ4v) is 1.81. The van der Waals surface area contributed by atoms with Crippen LogP contribution in [0.4, 0.5) is 0 Å². The number of aromatic carboxylic acids is 1. The highest BCUT2D eigenvalue weighted by Gasteiger charge is 2.16. The molecule has 0 spiro atoms. The second kappa shape index (κ2) is 4.60. The molecule has 0 fully saturated rings. The molecule has 0 bridgehead atoms. The molecule has 0 saturated carbocycles. The molecule has 2 heterocycles. The van der Waals surface area contributed by atoms with Crippen LogP contribution in [0.5, 0.6) is 0 Å². The van der Waals surface area contributed by atoms with Crippen LogP contribution >= 0.6 is 0 Å². The van der Waals surface area contributed by atoms with Crippen LogP contribution in [0, 0.1) is 0 Å². The van der Waals surface area contributed by atoms with Gasteiger partial charge in [-0.3, -0.25) is 9.67 Å². The van der Waals surface area contributed by atoms with E-state index in [1.54, 1.807) is 23.0 Å². The number of aromatic nitrogens is 3. The molecule has 5 heteroatoms. The van der Waals surface area contributed by atoms with Crippen molar-refractivity contribution >= 4 is 5.97 Å². The number of aryl methyl sites for hydroxylation is 1. The van der Waals surface area contributed by atoms with Crippen LogP contribution < -0.4 is 0 Å². The topological polar surface area (TPSA) is 68.0 Å². The second-order valence-electron chi connectivity index (χ2n) is 4.49. The Morgan fingerprint density at radius 3 is 2.61 bits per heavy atom. The third kappa shape index (κ3) is 2.25. The minimum absolute atomic E-state index is 0.0627. The summed E-state index contributed by atoms with van der Waals surface area (Å²) in [7, 11) is 1.83. The van der Waals surface area contributed by atoms with E-state index in [4.69, 9.17) is 5.11 Å². The summed E-state index contributed by atoms with van der Waals surface area (Å²) in [6, 6.07) is 3.32. The first-order valence-corrected chi connectivity index (χ1v) is 5.72. The molecule has 0 amide bonds. The van der Waals surface area contributed by atoms with Crippen LogP contribution in [0.25, 0.3) is 11.3 Å². The predicted molar refractivity (Wildman–Crippen MR) is 67.5 cm³/mol. The standard InChI is InChI=1S/C13H15N3O2/c1-8(2)12-10(13(17)18)4-5-11(15-12)9-6-14-16(3)7-9/h4-8H,1-3H3,(H,17,18). The zero-order valence-electron chi connectivity index (χ0n) is 10.6. The molecule has 5 nitrogen and oxygen atoms in total. The monoisotopic (exact) mass is 245 g/mol. The molecule has 0 aliphatic carbocycles. The van der Waals surface area contributed by atoms with E-state index in [-0.39, 0.29) is 11.5 Å². The second-order valence-corrected chi connectivity index (χ2v) is 4.49. The van der Waals surface area contributed by atoms with Gasteiger partial charge in [0.2, 0.25) is 0 Å². The molecule has 0 radical (unpaired) electrons. The molecule has 0 atom stereocenters. The quantitative estimate of drug-likeness (QED) is 0.900. The Balaban J connectivity index is 2.53. The fourth-order valence-electron chi connectivity index (χ4n) is 1.81. The van der Waals surface area contributed by atoms with Gasteiger partial charge in [0.25, 0.3) is 0 Å². The van der Waals surface area contributed by atoms with Crippen molar-refractivity contribution in [3.63, 3.8) is 0 Å². The maximum absolute atomic E-state index is 11.1. The van der Waals surface area contributed by atoms with E-state index >= 15 is 0 Å². The first-order chi connectivity index (χ1) is 8.49. The van der Waals surface area contributed by atoms with Gasteiger partial charge in [0.15, 0.2) is 0 Å². The average Bonchev–Trinajstić information content (AvgIpc) is 2.75. The molecule has 0 aliphatic rings. The summed E-state index contributed by atoms with van der Waals surface area (Å²) in [4.78, 5) is 15.6. The zero-order chi connectivity index (χ0) is 13.3. The van der Waals surface area contributed by atoms with Crippen molar-refractivity contribution in [2.75, 3.05) is 0 Å². The third-order valence-corrected chi connectivity index (χ3v) is 2.70. The van der Waals surface area contributed by atoms with Gasteiger partial charge < -0.3 is 5.11 Å². The summed E-state index contributed by atoms with van der Waals surface area (Å²) in [5.41, 5.74) is 2.50. The van der Waals surface area contributed by atoms with Gasteiger partial charge in [-0.15, -0.1) is 0 Å². The maximum Gasteiger partial charge on any atom is 0.337 e. The van der Waals surface area contributed by atoms with Crippen LogP contribution in [0.3, 0.4) is 0 Å². The van der Waals surface area contributed by atoms with E-state index in [9.17, 15) is 4.79 Å². The molecule has 0 unspecified atom stereocenters. The Morgan fingerprint density at radius 1 is 1.39 bits per heavy atom. The highest BCUT2D eigenvalue weighted by Crippen LogP contribution is 2.23. The molecule has 0 saturated heterocycles. The highest BCUT2D eigenvalue weighted by molar-refractivity contribution is 5.89. The summed E-state index contributed by atoms with van der Waals surface area (Å²) in [6.45, 7) is 3.86. The van der Waals surface area contributed by atoms with Crippen molar-refractivity contribution in [2.24, 2.45) is 7.05 Å². The SMILES string of the molecule is CC(C)c1nc(-c2cnn(C)c2)ccc1C(=O)O. The minimum Gasteiger partial charge on any atom is -0.478 e. The largest absolute Gasteiger partial charge is 0.478 e. The first-order valence-electron chi connectivity index (χ1n) is 5.72. The van der Waals surface area contributed by atoms with Crippen LogP contribution in [-0.2, 0) is 7.05 Å². The molecule has 0 aliphatic heterocycles. The average molecular weight is 245 g/mol. The lowest BCUT2D eigenvalue weighted by atomic mass is 10.0. The number of carboxylic acid groups (broad SMARTS) is 1. The van der Waals surface area contributed by atoms with Gasteiger partial charge in [-0.2, -0.15) is 5.10 Å². The van der Waals surface area contributed by atoms with E-state index in [1.807, 2.05) is 27.1 Å². The Labute approximate surface area is 105 Å². The molecule has 1 N–H and O–H groups in total. The molecule has 94 valence electrons. The summed E-state index contributed by atoms with van der Waals surface area (Å²) in [5.74, 6) is -0.878. The van der Waals surface area contributed by atoms with Gasteiger partial charge in [0.05, 0.1) is 23.1 Å². The minimum atomic E-state index is -0.941. The number of pyridine rings is 1. The number of nitrogens with zero attached hydrogens (tertiary/aromatic N) is 3.